The first kappa shape index (κ1) is 10.3. The van der Waals surface area contributed by atoms with Gasteiger partial charge in [0.1, 0.15) is 0 Å². The maximum absolute atomic E-state index is 12.6. The molecule has 0 aliphatic heterocycles. The van der Waals surface area contributed by atoms with Crippen molar-refractivity contribution < 1.29 is 27.4 Å². The van der Waals surface area contributed by atoms with Crippen molar-refractivity contribution in [3.8, 4) is 0 Å². The highest BCUT2D eigenvalue weighted by Crippen LogP contribution is 2.69. The Morgan fingerprint density at radius 1 is 1.23 bits per heavy atom. The summed E-state index contributed by atoms with van der Waals surface area (Å²) in [5, 5.41) is 8.35. The molecule has 76 valence electrons. The average Bonchev–Trinajstić information content (AvgIpc) is 2.31. The van der Waals surface area contributed by atoms with Gasteiger partial charge in [0.15, 0.2) is 0 Å². The maximum atomic E-state index is 12.6. The van der Waals surface area contributed by atoms with E-state index in [9.17, 15) is 17.6 Å². The molecule has 0 saturated heterocycles. The number of aliphatic hydroxyl groups is 1. The Bertz CT molecular complexity index is 213. The topological polar surface area (TPSA) is 29.5 Å². The second-order valence-corrected chi connectivity index (χ2v) is 2.73. The lowest BCUT2D eigenvalue weighted by Crippen LogP contribution is -2.24. The molecule has 0 aromatic heterocycles. The van der Waals surface area contributed by atoms with E-state index in [-0.39, 0.29) is 0 Å². The number of aliphatic hydroxyl groups excluding tert-OH is 1. The molecule has 0 bridgehead atoms. The van der Waals surface area contributed by atoms with Crippen LogP contribution in [0.25, 0.3) is 0 Å². The minimum absolute atomic E-state index is 0.532. The molecule has 0 aromatic carbocycles. The van der Waals surface area contributed by atoms with E-state index < -0.39 is 30.5 Å². The summed E-state index contributed by atoms with van der Waals surface area (Å²) in [6.07, 6.45) is -0.288. The van der Waals surface area contributed by atoms with Gasteiger partial charge in [-0.2, -0.15) is 17.6 Å². The summed E-state index contributed by atoms with van der Waals surface area (Å²) in [5.74, 6) is -8.45. The van der Waals surface area contributed by atoms with Crippen LogP contribution in [0.1, 0.15) is 6.42 Å². The third-order valence-electron chi connectivity index (χ3n) is 2.09. The number of hydrogen-bond donors (Lipinski definition) is 1. The molecule has 0 heterocycles. The Morgan fingerprint density at radius 3 is 1.92 bits per heavy atom. The van der Waals surface area contributed by atoms with Crippen molar-refractivity contribution in [2.75, 3.05) is 6.61 Å². The summed E-state index contributed by atoms with van der Waals surface area (Å²) in [7, 11) is 0. The molecular formula is C7H8F4O2. The van der Waals surface area contributed by atoms with E-state index in [2.05, 4.69) is 11.3 Å². The smallest absolute Gasteiger partial charge is 0.359 e. The van der Waals surface area contributed by atoms with Crippen LogP contribution in [0.5, 0.6) is 0 Å². The van der Waals surface area contributed by atoms with Gasteiger partial charge in [0, 0.05) is 13.0 Å². The van der Waals surface area contributed by atoms with Gasteiger partial charge in [0.2, 0.25) is 5.60 Å². The lowest BCUT2D eigenvalue weighted by atomic mass is 10.2. The van der Waals surface area contributed by atoms with Crippen LogP contribution >= 0.6 is 0 Å². The Morgan fingerprint density at radius 2 is 1.69 bits per heavy atom. The highest BCUT2D eigenvalue weighted by molar-refractivity contribution is 5.29. The van der Waals surface area contributed by atoms with E-state index in [1.165, 1.54) is 0 Å². The zero-order valence-electron chi connectivity index (χ0n) is 6.57. The molecule has 1 aliphatic rings. The van der Waals surface area contributed by atoms with Crippen LogP contribution in [0.15, 0.2) is 12.8 Å². The summed E-state index contributed by atoms with van der Waals surface area (Å²) in [6, 6.07) is 0. The third kappa shape index (κ3) is 0.919. The van der Waals surface area contributed by atoms with E-state index in [0.717, 1.165) is 0 Å². The van der Waals surface area contributed by atoms with Gasteiger partial charge in [0.25, 0.3) is 0 Å². The number of ether oxygens (including phenoxy) is 1. The van der Waals surface area contributed by atoms with Gasteiger partial charge < -0.3 is 9.84 Å². The van der Waals surface area contributed by atoms with Gasteiger partial charge in [-0.05, 0) is 0 Å². The predicted molar refractivity (Wildman–Crippen MR) is 35.6 cm³/mol. The summed E-state index contributed by atoms with van der Waals surface area (Å²) in [5.41, 5.74) is -2.89. The Labute approximate surface area is 71.8 Å². The monoisotopic (exact) mass is 200 g/mol. The average molecular weight is 200 g/mol. The van der Waals surface area contributed by atoms with Crippen molar-refractivity contribution >= 4 is 0 Å². The van der Waals surface area contributed by atoms with E-state index in [1.54, 1.807) is 0 Å². The zero-order chi connectivity index (χ0) is 10.3. The van der Waals surface area contributed by atoms with E-state index >= 15 is 0 Å². The summed E-state index contributed by atoms with van der Waals surface area (Å²) in [4.78, 5) is 0. The van der Waals surface area contributed by atoms with E-state index in [1.807, 2.05) is 0 Å². The molecule has 2 nitrogen and oxygen atoms in total. The van der Waals surface area contributed by atoms with Gasteiger partial charge in [-0.1, -0.05) is 6.58 Å². The molecule has 0 atom stereocenters. The molecular weight excluding hydrogens is 192 g/mol. The van der Waals surface area contributed by atoms with Crippen molar-refractivity contribution in [1.82, 2.24) is 0 Å². The van der Waals surface area contributed by atoms with Gasteiger partial charge in [0.05, 0.1) is 6.26 Å². The quantitative estimate of drug-likeness (QED) is 0.551. The Hall–Kier alpha value is -0.780. The fourth-order valence-electron chi connectivity index (χ4n) is 1.27. The van der Waals surface area contributed by atoms with Crippen LogP contribution in [-0.2, 0) is 4.74 Å². The Kier molecular flexibility index (Phi) is 2.06. The number of halogens is 4. The lowest BCUT2D eigenvalue weighted by molar-refractivity contribution is -0.0278. The maximum Gasteiger partial charge on any atom is 0.359 e. The first-order chi connectivity index (χ1) is 5.87. The number of rotatable bonds is 4. The molecule has 0 spiro atoms. The predicted octanol–water partition coefficient (Wildman–Crippen LogP) is 1.55. The zero-order valence-corrected chi connectivity index (χ0v) is 6.57. The summed E-state index contributed by atoms with van der Waals surface area (Å²) < 4.78 is 54.4. The van der Waals surface area contributed by atoms with Gasteiger partial charge in [-0.15, -0.1) is 0 Å². The van der Waals surface area contributed by atoms with Crippen molar-refractivity contribution in [2.45, 2.75) is 23.9 Å². The first-order valence-corrected chi connectivity index (χ1v) is 3.52. The molecule has 0 amide bonds. The fourth-order valence-corrected chi connectivity index (χ4v) is 1.27. The normalized spacial score (nSPS) is 26.5. The standard InChI is InChI=1S/C7H8F4O2/c1-2-13-5(3-4-12)6(8,9)7(5,10)11/h2,12H,1,3-4H2. The van der Waals surface area contributed by atoms with Crippen LogP contribution in [-0.4, -0.2) is 29.2 Å². The van der Waals surface area contributed by atoms with Crippen molar-refractivity contribution in [3.05, 3.63) is 12.8 Å². The van der Waals surface area contributed by atoms with Crippen molar-refractivity contribution in [1.29, 1.82) is 0 Å². The largest absolute Gasteiger partial charge is 0.482 e. The molecule has 0 radical (unpaired) electrons. The van der Waals surface area contributed by atoms with Crippen LogP contribution in [0.4, 0.5) is 17.6 Å². The van der Waals surface area contributed by atoms with Crippen LogP contribution in [0.3, 0.4) is 0 Å². The third-order valence-corrected chi connectivity index (χ3v) is 2.09. The molecule has 0 aromatic rings. The lowest BCUT2D eigenvalue weighted by Gasteiger charge is -2.12. The van der Waals surface area contributed by atoms with Crippen molar-refractivity contribution in [3.63, 3.8) is 0 Å². The first-order valence-electron chi connectivity index (χ1n) is 3.52. The molecule has 1 rings (SSSR count). The summed E-state index contributed by atoms with van der Waals surface area (Å²) >= 11 is 0. The molecule has 1 N–H and O–H groups in total. The van der Waals surface area contributed by atoms with Crippen molar-refractivity contribution in [2.24, 2.45) is 0 Å². The fraction of sp³-hybridized carbons (Fsp3) is 0.714. The van der Waals surface area contributed by atoms with Crippen LogP contribution in [0, 0.1) is 0 Å². The molecule has 6 heteroatoms. The van der Waals surface area contributed by atoms with Crippen LogP contribution < -0.4 is 0 Å². The summed E-state index contributed by atoms with van der Waals surface area (Å²) in [6.45, 7) is 2.14. The second kappa shape index (κ2) is 2.60. The second-order valence-electron chi connectivity index (χ2n) is 2.73. The van der Waals surface area contributed by atoms with Gasteiger partial charge in [-0.3, -0.25) is 0 Å². The van der Waals surface area contributed by atoms with E-state index in [0.29, 0.717) is 6.26 Å². The molecule has 1 aliphatic carbocycles. The number of alkyl halides is 4. The number of hydrogen-bond acceptors (Lipinski definition) is 2. The minimum atomic E-state index is -4.23. The molecule has 0 unspecified atom stereocenters. The highest BCUT2D eigenvalue weighted by Gasteiger charge is 2.98. The highest BCUT2D eigenvalue weighted by atomic mass is 19.3. The molecule has 13 heavy (non-hydrogen) atoms. The molecule has 1 saturated carbocycles. The van der Waals surface area contributed by atoms with Gasteiger partial charge >= 0.3 is 11.8 Å². The Balaban J connectivity index is 2.90. The van der Waals surface area contributed by atoms with Gasteiger partial charge in [-0.25, -0.2) is 0 Å². The minimum Gasteiger partial charge on any atom is -0.482 e. The van der Waals surface area contributed by atoms with Crippen LogP contribution in [0.2, 0.25) is 0 Å². The van der Waals surface area contributed by atoms with E-state index in [4.69, 9.17) is 5.11 Å². The SMILES string of the molecule is C=COC1(CCO)C(F)(F)C1(F)F. The molecule has 1 fully saturated rings.